The Labute approximate surface area is 321 Å². The van der Waals surface area contributed by atoms with E-state index in [1.54, 1.807) is 18.2 Å². The number of hydrogen-bond acceptors (Lipinski definition) is 6. The van der Waals surface area contributed by atoms with E-state index in [2.05, 4.69) is 82.7 Å². The Morgan fingerprint density at radius 3 is 1.90 bits per heavy atom. The summed E-state index contributed by atoms with van der Waals surface area (Å²) in [5, 5.41) is 6.12. The van der Waals surface area contributed by atoms with Crippen LogP contribution in [0.3, 0.4) is 0 Å². The first kappa shape index (κ1) is 37.6. The maximum Gasteiger partial charge on any atom is 0.277 e. The van der Waals surface area contributed by atoms with Crippen LogP contribution in [0.2, 0.25) is 5.02 Å². The second-order valence-corrected chi connectivity index (χ2v) is 15.1. The fourth-order valence-electron chi connectivity index (χ4n) is 4.27. The van der Waals surface area contributed by atoms with Crippen LogP contribution in [0.15, 0.2) is 71.2 Å². The zero-order valence-electron chi connectivity index (χ0n) is 25.5. The highest BCUT2D eigenvalue weighted by molar-refractivity contribution is 14.1. The number of rotatable bonds is 12. The Balaban J connectivity index is 0.000000191. The van der Waals surface area contributed by atoms with Crippen molar-refractivity contribution in [1.29, 1.82) is 0 Å². The molecule has 0 atom stereocenters. The molecule has 2 amide bonds. The molecule has 0 spiro atoms. The molecule has 8 nitrogen and oxygen atoms in total. The number of hydroxylamine groups is 2. The fraction of sp³-hybridized carbons (Fsp3) is 0.235. The molecule has 4 aromatic rings. The van der Waals surface area contributed by atoms with E-state index in [0.717, 1.165) is 49.1 Å². The zero-order chi connectivity index (χ0) is 35.1. The average molecular weight is 984 g/mol. The molecule has 0 bridgehead atoms. The number of hydrogen-bond donors (Lipinski definition) is 4. The van der Waals surface area contributed by atoms with Crippen LogP contribution in [0.25, 0.3) is 0 Å². The van der Waals surface area contributed by atoms with Crippen molar-refractivity contribution in [1.82, 2.24) is 11.0 Å². The molecule has 15 heteroatoms. The molecule has 0 aliphatic heterocycles. The smallest absolute Gasteiger partial charge is 0.277 e. The number of halogens is 7. The van der Waals surface area contributed by atoms with Gasteiger partial charge in [-0.3, -0.25) is 19.3 Å². The number of nitrogens with one attached hydrogen (secondary N) is 4. The molecule has 2 aliphatic rings. The molecule has 49 heavy (non-hydrogen) atoms. The highest BCUT2D eigenvalue weighted by Crippen LogP contribution is 2.33. The number of carbonyl (C=O) groups is 2. The van der Waals surface area contributed by atoms with Crippen LogP contribution in [-0.2, 0) is 9.68 Å². The number of carbonyl (C=O) groups excluding carboxylic acids is 2. The Bertz CT molecular complexity index is 1850. The van der Waals surface area contributed by atoms with E-state index in [4.69, 9.17) is 21.3 Å². The monoisotopic (exact) mass is 982 g/mol. The summed E-state index contributed by atoms with van der Waals surface area (Å²) in [5.74, 6) is -2.73. The van der Waals surface area contributed by atoms with E-state index >= 15 is 0 Å². The number of benzene rings is 4. The first-order chi connectivity index (χ1) is 23.5. The molecule has 2 saturated carbocycles. The lowest BCUT2D eigenvalue weighted by Gasteiger charge is -2.15. The highest BCUT2D eigenvalue weighted by Gasteiger charge is 2.24. The third-order valence-corrected chi connectivity index (χ3v) is 9.63. The van der Waals surface area contributed by atoms with Gasteiger partial charge in [0, 0.05) is 11.6 Å². The second kappa shape index (κ2) is 17.5. The molecule has 6 rings (SSSR count). The molecule has 0 radical (unpaired) electrons. The van der Waals surface area contributed by atoms with E-state index < -0.39 is 29.3 Å². The van der Waals surface area contributed by atoms with Gasteiger partial charge >= 0.3 is 0 Å². The van der Waals surface area contributed by atoms with Crippen LogP contribution in [0.1, 0.15) is 46.4 Å². The highest BCUT2D eigenvalue weighted by atomic mass is 127. The Hall–Kier alpha value is -2.64. The maximum absolute atomic E-state index is 14.3. The molecular formula is C34H29BrClF3I2N4O4. The van der Waals surface area contributed by atoms with E-state index in [9.17, 15) is 22.8 Å². The van der Waals surface area contributed by atoms with Crippen molar-refractivity contribution in [2.75, 3.05) is 23.8 Å². The van der Waals surface area contributed by atoms with Gasteiger partial charge in [-0.2, -0.15) is 0 Å². The summed E-state index contributed by atoms with van der Waals surface area (Å²) >= 11 is 13.9. The summed E-state index contributed by atoms with van der Waals surface area (Å²) in [6.45, 7) is 0.916. The number of anilines is 4. The number of amides is 2. The topological polar surface area (TPSA) is 101 Å². The average Bonchev–Trinajstić information content (AvgIpc) is 3.99. The SMILES string of the molecule is O=C(NOCC1CC1)c1ccc(F)c(F)c1Nc1ccc(I)cc1Cl.O=C(NOCC1CC1)c1ccc(F)cc1Nc1ccc(I)cc1Br. The van der Waals surface area contributed by atoms with Gasteiger partial charge in [-0.25, -0.2) is 24.1 Å². The normalized spacial score (nSPS) is 13.6. The molecule has 2 fully saturated rings. The summed E-state index contributed by atoms with van der Waals surface area (Å²) in [6.07, 6.45) is 4.42. The lowest BCUT2D eigenvalue weighted by molar-refractivity contribution is 0.0268. The second-order valence-electron chi connectivity index (χ2n) is 11.3. The van der Waals surface area contributed by atoms with Crippen LogP contribution < -0.4 is 21.6 Å². The van der Waals surface area contributed by atoms with Gasteiger partial charge in [-0.15, -0.1) is 0 Å². The van der Waals surface area contributed by atoms with Crippen LogP contribution in [0, 0.1) is 36.4 Å². The minimum absolute atomic E-state index is 0.0793. The van der Waals surface area contributed by atoms with Crippen molar-refractivity contribution in [3.63, 3.8) is 0 Å². The lowest BCUT2D eigenvalue weighted by Crippen LogP contribution is -2.26. The van der Waals surface area contributed by atoms with Gasteiger partial charge in [-0.1, -0.05) is 11.6 Å². The third-order valence-electron chi connectivity index (χ3n) is 7.32. The maximum atomic E-state index is 14.3. The minimum atomic E-state index is -1.16. The van der Waals surface area contributed by atoms with Gasteiger partial charge in [0.05, 0.1) is 52.1 Å². The predicted octanol–water partition coefficient (Wildman–Crippen LogP) is 10.0. The van der Waals surface area contributed by atoms with Crippen LogP contribution in [0.5, 0.6) is 0 Å². The molecule has 4 N–H and O–H groups in total. The van der Waals surface area contributed by atoms with Crippen molar-refractivity contribution in [2.45, 2.75) is 25.7 Å². The van der Waals surface area contributed by atoms with E-state index in [1.165, 1.54) is 24.3 Å². The standard InChI is InChI=1S/C17H15BrFIN2O2.C17H14ClF2IN2O2/c18-14-8-12(20)4-6-15(14)21-16-7-11(19)3-5-13(16)17(23)22-24-9-10-1-2-10;18-12-7-10(21)3-6-14(12)22-16-11(4-5-13(19)15(16)20)17(24)23-25-8-9-1-2-9/h3-8,10,21H,1-2,9H2,(H,22,23);3-7,9,22H,1-2,8H2,(H,23,24). The van der Waals surface area contributed by atoms with Crippen LogP contribution >= 0.6 is 72.7 Å². The van der Waals surface area contributed by atoms with Gasteiger partial charge in [0.15, 0.2) is 11.6 Å². The fourth-order valence-corrected chi connectivity index (χ4v) is 6.57. The van der Waals surface area contributed by atoms with Crippen molar-refractivity contribution < 1.29 is 32.4 Å². The first-order valence-electron chi connectivity index (χ1n) is 15.0. The Kier molecular flexibility index (Phi) is 13.5. The Morgan fingerprint density at radius 1 is 0.735 bits per heavy atom. The van der Waals surface area contributed by atoms with Gasteiger partial charge in [0.1, 0.15) is 5.82 Å². The van der Waals surface area contributed by atoms with Crippen molar-refractivity contribution in [2.24, 2.45) is 11.8 Å². The molecule has 0 unspecified atom stereocenters. The van der Waals surface area contributed by atoms with Gasteiger partial charge in [0.2, 0.25) is 0 Å². The minimum Gasteiger partial charge on any atom is -0.354 e. The van der Waals surface area contributed by atoms with E-state index in [1.807, 2.05) is 18.2 Å². The summed E-state index contributed by atoms with van der Waals surface area (Å²) in [5.41, 5.74) is 6.12. The Morgan fingerprint density at radius 2 is 1.31 bits per heavy atom. The van der Waals surface area contributed by atoms with Gasteiger partial charge in [-0.05, 0) is 165 Å². The van der Waals surface area contributed by atoms with Crippen molar-refractivity contribution in [3.8, 4) is 0 Å². The molecule has 2 aliphatic carbocycles. The molecule has 0 saturated heterocycles. The summed E-state index contributed by atoms with van der Waals surface area (Å²) in [6, 6.07) is 16.8. The van der Waals surface area contributed by atoms with Crippen LogP contribution in [0.4, 0.5) is 35.9 Å². The summed E-state index contributed by atoms with van der Waals surface area (Å²) < 4.78 is 44.3. The third kappa shape index (κ3) is 11.2. The quantitative estimate of drug-likeness (QED) is 0.0834. The molecule has 0 heterocycles. The molecule has 0 aromatic heterocycles. The van der Waals surface area contributed by atoms with E-state index in [0.29, 0.717) is 47.0 Å². The van der Waals surface area contributed by atoms with Crippen LogP contribution in [-0.4, -0.2) is 25.0 Å². The first-order valence-corrected chi connectivity index (χ1v) is 18.4. The molecule has 4 aromatic carbocycles. The van der Waals surface area contributed by atoms with E-state index in [-0.39, 0.29) is 11.3 Å². The largest absolute Gasteiger partial charge is 0.354 e. The lowest BCUT2D eigenvalue weighted by atomic mass is 10.1. The van der Waals surface area contributed by atoms with Crippen molar-refractivity contribution >= 4 is 107 Å². The summed E-state index contributed by atoms with van der Waals surface area (Å²) in [4.78, 5) is 34.9. The summed E-state index contributed by atoms with van der Waals surface area (Å²) in [7, 11) is 0. The molecular weight excluding hydrogens is 955 g/mol. The predicted molar refractivity (Wildman–Crippen MR) is 203 cm³/mol. The zero-order valence-corrected chi connectivity index (χ0v) is 32.2. The van der Waals surface area contributed by atoms with Gasteiger partial charge < -0.3 is 10.6 Å². The van der Waals surface area contributed by atoms with Gasteiger partial charge in [0.25, 0.3) is 11.8 Å². The van der Waals surface area contributed by atoms with Crippen molar-refractivity contribution in [3.05, 3.63) is 112 Å². The molecule has 258 valence electrons.